The Bertz CT molecular complexity index is 621. The minimum absolute atomic E-state index is 0.0133. The van der Waals surface area contributed by atoms with Crippen molar-refractivity contribution in [3.05, 3.63) is 47.0 Å². The molecule has 0 aliphatic carbocycles. The lowest BCUT2D eigenvalue weighted by atomic mass is 10.1. The van der Waals surface area contributed by atoms with Gasteiger partial charge < -0.3 is 5.32 Å². The molecule has 0 radical (unpaired) electrons. The molecule has 1 amide bonds. The van der Waals surface area contributed by atoms with Crippen LogP contribution in [0.2, 0.25) is 0 Å². The third-order valence-corrected chi connectivity index (χ3v) is 2.56. The lowest BCUT2D eigenvalue weighted by Gasteiger charge is -2.12. The zero-order valence-corrected chi connectivity index (χ0v) is 10.5. The molecule has 0 spiro atoms. The summed E-state index contributed by atoms with van der Waals surface area (Å²) in [6.07, 6.45) is -4.46. The van der Waals surface area contributed by atoms with Gasteiger partial charge in [0.25, 0.3) is 5.91 Å². The number of aryl methyl sites for hydroxylation is 1. The molecule has 1 aromatic carbocycles. The second kappa shape index (κ2) is 5.32. The number of aromatic amines is 1. The maximum Gasteiger partial charge on any atom is 0.416 e. The fourth-order valence-corrected chi connectivity index (χ4v) is 1.65. The molecule has 2 N–H and O–H groups in total. The van der Waals surface area contributed by atoms with Gasteiger partial charge in [-0.25, -0.2) is 4.98 Å². The Balaban J connectivity index is 2.10. The summed E-state index contributed by atoms with van der Waals surface area (Å²) in [7, 11) is 0. The number of halogens is 3. The normalized spacial score (nSPS) is 11.4. The van der Waals surface area contributed by atoms with Gasteiger partial charge in [-0.15, -0.1) is 5.10 Å². The topological polar surface area (TPSA) is 70.7 Å². The van der Waals surface area contributed by atoms with E-state index in [9.17, 15) is 18.0 Å². The molecule has 0 atom stereocenters. The molecule has 0 saturated heterocycles. The van der Waals surface area contributed by atoms with E-state index in [0.717, 1.165) is 6.07 Å². The molecule has 0 unspecified atom stereocenters. The summed E-state index contributed by atoms with van der Waals surface area (Å²) in [5, 5.41) is 8.47. The Kier molecular flexibility index (Phi) is 3.73. The quantitative estimate of drug-likeness (QED) is 0.906. The second-order valence-electron chi connectivity index (χ2n) is 4.08. The number of benzene rings is 1. The first-order chi connectivity index (χ1) is 9.38. The van der Waals surface area contributed by atoms with E-state index in [2.05, 4.69) is 20.5 Å². The zero-order chi connectivity index (χ0) is 14.8. The number of rotatable bonds is 3. The van der Waals surface area contributed by atoms with Crippen molar-refractivity contribution < 1.29 is 18.0 Å². The average molecular weight is 284 g/mol. The number of carbonyl (C=O) groups is 1. The molecule has 1 aromatic heterocycles. The van der Waals surface area contributed by atoms with Crippen LogP contribution in [0.1, 0.15) is 27.6 Å². The summed E-state index contributed by atoms with van der Waals surface area (Å²) in [6.45, 7) is 1.37. The highest BCUT2D eigenvalue weighted by molar-refractivity contribution is 5.90. The molecule has 2 aromatic rings. The minimum atomic E-state index is -4.46. The van der Waals surface area contributed by atoms with Crippen LogP contribution in [0.5, 0.6) is 0 Å². The largest absolute Gasteiger partial charge is 0.416 e. The van der Waals surface area contributed by atoms with E-state index in [4.69, 9.17) is 0 Å². The van der Waals surface area contributed by atoms with Crippen molar-refractivity contribution in [2.45, 2.75) is 19.6 Å². The van der Waals surface area contributed by atoms with Gasteiger partial charge in [-0.2, -0.15) is 13.2 Å². The van der Waals surface area contributed by atoms with Crippen molar-refractivity contribution in [2.24, 2.45) is 0 Å². The zero-order valence-electron chi connectivity index (χ0n) is 10.5. The number of nitrogens with one attached hydrogen (secondary N) is 2. The summed E-state index contributed by atoms with van der Waals surface area (Å²) < 4.78 is 38.3. The fourth-order valence-electron chi connectivity index (χ4n) is 1.65. The highest BCUT2D eigenvalue weighted by atomic mass is 19.4. The maximum atomic E-state index is 12.8. The van der Waals surface area contributed by atoms with Crippen molar-refractivity contribution in [3.8, 4) is 0 Å². The molecule has 0 fully saturated rings. The van der Waals surface area contributed by atoms with Gasteiger partial charge in [-0.3, -0.25) is 9.89 Å². The molecule has 0 aliphatic rings. The molecule has 0 saturated carbocycles. The monoisotopic (exact) mass is 284 g/mol. The average Bonchev–Trinajstić information content (AvgIpc) is 2.82. The van der Waals surface area contributed by atoms with Crippen LogP contribution in [0.25, 0.3) is 0 Å². The van der Waals surface area contributed by atoms with E-state index in [1.807, 2.05) is 0 Å². The SMILES string of the molecule is Cc1nc(C(=O)NCc2ccccc2C(F)(F)F)n[nH]1. The lowest BCUT2D eigenvalue weighted by molar-refractivity contribution is -0.138. The number of H-pyrrole nitrogens is 1. The van der Waals surface area contributed by atoms with E-state index in [1.54, 1.807) is 6.92 Å². The smallest absolute Gasteiger partial charge is 0.345 e. The number of hydrogen-bond donors (Lipinski definition) is 2. The summed E-state index contributed by atoms with van der Waals surface area (Å²) >= 11 is 0. The van der Waals surface area contributed by atoms with Crippen molar-refractivity contribution in [3.63, 3.8) is 0 Å². The van der Waals surface area contributed by atoms with Crippen LogP contribution in [0.15, 0.2) is 24.3 Å². The maximum absolute atomic E-state index is 12.8. The number of nitrogens with zero attached hydrogens (tertiary/aromatic N) is 2. The number of amides is 1. The molecule has 106 valence electrons. The Morgan fingerprint density at radius 2 is 2.05 bits per heavy atom. The first kappa shape index (κ1) is 14.0. The van der Waals surface area contributed by atoms with Gasteiger partial charge in [0.05, 0.1) is 5.56 Å². The third kappa shape index (κ3) is 3.14. The first-order valence-electron chi connectivity index (χ1n) is 5.70. The van der Waals surface area contributed by atoms with E-state index < -0.39 is 17.6 Å². The lowest BCUT2D eigenvalue weighted by Crippen LogP contribution is -2.25. The summed E-state index contributed by atoms with van der Waals surface area (Å²) in [5.41, 5.74) is -0.785. The van der Waals surface area contributed by atoms with Crippen molar-refractivity contribution >= 4 is 5.91 Å². The van der Waals surface area contributed by atoms with Crippen LogP contribution < -0.4 is 5.32 Å². The van der Waals surface area contributed by atoms with Crippen LogP contribution in [0, 0.1) is 6.92 Å². The second-order valence-corrected chi connectivity index (χ2v) is 4.08. The van der Waals surface area contributed by atoms with Gasteiger partial charge in [0.1, 0.15) is 5.82 Å². The Labute approximate surface area is 112 Å². The predicted molar refractivity (Wildman–Crippen MR) is 63.7 cm³/mol. The minimum Gasteiger partial charge on any atom is -0.345 e. The standard InChI is InChI=1S/C12H11F3N4O/c1-7-17-10(19-18-7)11(20)16-6-8-4-2-3-5-9(8)12(13,14)15/h2-5H,6H2,1H3,(H,16,20)(H,17,18,19). The summed E-state index contributed by atoms with van der Waals surface area (Å²) in [6, 6.07) is 5.06. The van der Waals surface area contributed by atoms with E-state index in [-0.39, 0.29) is 17.9 Å². The number of alkyl halides is 3. The van der Waals surface area contributed by atoms with Gasteiger partial charge in [0, 0.05) is 6.54 Å². The van der Waals surface area contributed by atoms with Gasteiger partial charge in [-0.1, -0.05) is 18.2 Å². The molecule has 0 aliphatic heterocycles. The van der Waals surface area contributed by atoms with Crippen LogP contribution in [-0.4, -0.2) is 21.1 Å². The van der Waals surface area contributed by atoms with Gasteiger partial charge in [-0.05, 0) is 18.6 Å². The van der Waals surface area contributed by atoms with E-state index in [1.165, 1.54) is 18.2 Å². The first-order valence-corrected chi connectivity index (χ1v) is 5.70. The molecular formula is C12H11F3N4O. The molecule has 0 bridgehead atoms. The fraction of sp³-hybridized carbons (Fsp3) is 0.250. The van der Waals surface area contributed by atoms with Crippen LogP contribution in [-0.2, 0) is 12.7 Å². The van der Waals surface area contributed by atoms with Crippen molar-refractivity contribution in [1.82, 2.24) is 20.5 Å². The van der Waals surface area contributed by atoms with Crippen molar-refractivity contribution in [2.75, 3.05) is 0 Å². The molecule has 1 heterocycles. The molecule has 5 nitrogen and oxygen atoms in total. The number of carbonyl (C=O) groups excluding carboxylic acids is 1. The summed E-state index contributed by atoms with van der Waals surface area (Å²) in [5.74, 6) is -0.288. The van der Waals surface area contributed by atoms with Crippen LogP contribution >= 0.6 is 0 Å². The van der Waals surface area contributed by atoms with E-state index >= 15 is 0 Å². The van der Waals surface area contributed by atoms with Crippen LogP contribution in [0.3, 0.4) is 0 Å². The molecule has 20 heavy (non-hydrogen) atoms. The highest BCUT2D eigenvalue weighted by Crippen LogP contribution is 2.31. The Hall–Kier alpha value is -2.38. The Morgan fingerprint density at radius 3 is 2.65 bits per heavy atom. The summed E-state index contributed by atoms with van der Waals surface area (Å²) in [4.78, 5) is 15.4. The number of hydrogen-bond acceptors (Lipinski definition) is 3. The molecular weight excluding hydrogens is 273 g/mol. The van der Waals surface area contributed by atoms with Crippen LogP contribution in [0.4, 0.5) is 13.2 Å². The highest BCUT2D eigenvalue weighted by Gasteiger charge is 2.32. The third-order valence-electron chi connectivity index (χ3n) is 2.56. The predicted octanol–water partition coefficient (Wildman–Crippen LogP) is 2.06. The Morgan fingerprint density at radius 1 is 1.35 bits per heavy atom. The van der Waals surface area contributed by atoms with Gasteiger partial charge >= 0.3 is 6.18 Å². The molecule has 2 rings (SSSR count). The van der Waals surface area contributed by atoms with Gasteiger partial charge in [0.15, 0.2) is 0 Å². The van der Waals surface area contributed by atoms with Crippen molar-refractivity contribution in [1.29, 1.82) is 0 Å². The van der Waals surface area contributed by atoms with E-state index in [0.29, 0.717) is 5.82 Å². The molecule has 8 heteroatoms. The number of aromatic nitrogens is 3. The van der Waals surface area contributed by atoms with Gasteiger partial charge in [0.2, 0.25) is 5.82 Å².